The van der Waals surface area contributed by atoms with Gasteiger partial charge in [-0.25, -0.2) is 0 Å². The molecule has 1 saturated carbocycles. The van der Waals surface area contributed by atoms with Gasteiger partial charge < -0.3 is 5.73 Å². The normalized spacial score (nSPS) is 32.1. The summed E-state index contributed by atoms with van der Waals surface area (Å²) in [7, 11) is 2.29. The van der Waals surface area contributed by atoms with Crippen LogP contribution >= 0.6 is 0 Å². The van der Waals surface area contributed by atoms with Gasteiger partial charge in [-0.1, -0.05) is 20.8 Å². The lowest BCUT2D eigenvalue weighted by atomic mass is 9.75. The zero-order valence-electron chi connectivity index (χ0n) is 12.5. The summed E-state index contributed by atoms with van der Waals surface area (Å²) in [4.78, 5) is 2.58. The van der Waals surface area contributed by atoms with Gasteiger partial charge in [0, 0.05) is 18.1 Å². The predicted octanol–water partition coefficient (Wildman–Crippen LogP) is 3.26. The smallest absolute Gasteiger partial charge is 0.0331 e. The number of nitrogens with zero attached hydrogens (tertiary/aromatic N) is 1. The highest BCUT2D eigenvalue weighted by molar-refractivity contribution is 4.95. The molecule has 0 spiro atoms. The largest absolute Gasteiger partial charge is 0.329 e. The van der Waals surface area contributed by atoms with Crippen LogP contribution in [0.15, 0.2) is 0 Å². The molecule has 1 unspecified atom stereocenters. The maximum Gasteiger partial charge on any atom is 0.0331 e. The molecule has 1 aliphatic carbocycles. The van der Waals surface area contributed by atoms with Gasteiger partial charge in [-0.3, -0.25) is 4.90 Å². The van der Waals surface area contributed by atoms with Gasteiger partial charge in [0.05, 0.1) is 0 Å². The van der Waals surface area contributed by atoms with Crippen LogP contribution in [-0.2, 0) is 0 Å². The fourth-order valence-corrected chi connectivity index (χ4v) is 3.31. The maximum absolute atomic E-state index is 6.11. The van der Waals surface area contributed by atoms with Gasteiger partial charge in [0.1, 0.15) is 0 Å². The number of nitrogens with two attached hydrogens (primary N) is 1. The molecule has 0 amide bonds. The molecule has 2 N–H and O–H groups in total. The summed E-state index contributed by atoms with van der Waals surface area (Å²) < 4.78 is 0. The van der Waals surface area contributed by atoms with Gasteiger partial charge in [0.2, 0.25) is 0 Å². The van der Waals surface area contributed by atoms with E-state index < -0.39 is 0 Å². The van der Waals surface area contributed by atoms with E-state index in [0.717, 1.165) is 18.4 Å². The minimum absolute atomic E-state index is 0.279. The van der Waals surface area contributed by atoms with Gasteiger partial charge >= 0.3 is 0 Å². The second kappa shape index (κ2) is 6.19. The third-order valence-corrected chi connectivity index (χ3v) is 4.81. The first-order valence-electron chi connectivity index (χ1n) is 7.34. The molecule has 1 rings (SSSR count). The van der Waals surface area contributed by atoms with Crippen LogP contribution < -0.4 is 5.73 Å². The molecule has 17 heavy (non-hydrogen) atoms. The fraction of sp³-hybridized carbons (Fsp3) is 1.00. The van der Waals surface area contributed by atoms with E-state index in [9.17, 15) is 0 Å². The summed E-state index contributed by atoms with van der Waals surface area (Å²) >= 11 is 0. The monoisotopic (exact) mass is 240 g/mol. The van der Waals surface area contributed by atoms with Crippen LogP contribution in [-0.4, -0.2) is 30.1 Å². The third kappa shape index (κ3) is 3.69. The first-order valence-corrected chi connectivity index (χ1v) is 7.34. The molecule has 0 aliphatic heterocycles. The molecule has 0 aromatic rings. The Bertz CT molecular complexity index is 217. The average Bonchev–Trinajstić information content (AvgIpc) is 2.29. The van der Waals surface area contributed by atoms with Crippen molar-refractivity contribution in [3.63, 3.8) is 0 Å². The molecule has 2 heteroatoms. The van der Waals surface area contributed by atoms with Crippen LogP contribution in [0.1, 0.15) is 59.8 Å². The van der Waals surface area contributed by atoms with Crippen LogP contribution in [0.2, 0.25) is 0 Å². The van der Waals surface area contributed by atoms with Crippen LogP contribution in [0.4, 0.5) is 0 Å². The lowest BCUT2D eigenvalue weighted by Crippen LogP contribution is -2.57. The van der Waals surface area contributed by atoms with E-state index in [4.69, 9.17) is 5.73 Å². The molecular formula is C15H32N2. The van der Waals surface area contributed by atoms with E-state index in [2.05, 4.69) is 39.6 Å². The van der Waals surface area contributed by atoms with Crippen molar-refractivity contribution in [3.8, 4) is 0 Å². The lowest BCUT2D eigenvalue weighted by molar-refractivity contribution is 0.0313. The van der Waals surface area contributed by atoms with Crippen LogP contribution in [0.5, 0.6) is 0 Å². The number of hydrogen-bond acceptors (Lipinski definition) is 2. The highest BCUT2D eigenvalue weighted by Crippen LogP contribution is 2.36. The molecule has 2 nitrogen and oxygen atoms in total. The van der Waals surface area contributed by atoms with Crippen molar-refractivity contribution in [1.29, 1.82) is 0 Å². The Kier molecular flexibility index (Phi) is 5.46. The lowest BCUT2D eigenvalue weighted by Gasteiger charge is -2.48. The molecule has 1 fully saturated rings. The van der Waals surface area contributed by atoms with Crippen molar-refractivity contribution < 1.29 is 0 Å². The minimum Gasteiger partial charge on any atom is -0.329 e. The zero-order chi connectivity index (χ0) is 13.1. The van der Waals surface area contributed by atoms with E-state index in [1.54, 1.807) is 0 Å². The Balaban J connectivity index is 2.65. The van der Waals surface area contributed by atoms with E-state index in [1.807, 2.05) is 0 Å². The van der Waals surface area contributed by atoms with Crippen molar-refractivity contribution in [1.82, 2.24) is 4.90 Å². The van der Waals surface area contributed by atoms with Crippen molar-refractivity contribution in [3.05, 3.63) is 0 Å². The van der Waals surface area contributed by atoms with Gasteiger partial charge in [-0.15, -0.1) is 0 Å². The van der Waals surface area contributed by atoms with Gasteiger partial charge in [-0.05, 0) is 57.9 Å². The Hall–Kier alpha value is -0.0800. The van der Waals surface area contributed by atoms with Gasteiger partial charge in [0.25, 0.3) is 0 Å². The standard InChI is InChI=1S/C15H32N2/c1-12(2)10-14(4)17(5)15(11-16)8-6-13(3)7-9-15/h12-14H,6-11,16H2,1-5H3. The molecule has 0 aromatic heterocycles. The summed E-state index contributed by atoms with van der Waals surface area (Å²) in [5.41, 5.74) is 6.39. The zero-order valence-corrected chi connectivity index (χ0v) is 12.5. The molecule has 0 saturated heterocycles. The second-order valence-electron chi connectivity index (χ2n) is 6.70. The number of hydrogen-bond donors (Lipinski definition) is 1. The van der Waals surface area contributed by atoms with E-state index in [1.165, 1.54) is 32.1 Å². The summed E-state index contributed by atoms with van der Waals surface area (Å²) in [6, 6.07) is 0.645. The number of rotatable bonds is 5. The molecule has 1 atom stereocenters. The van der Waals surface area contributed by atoms with E-state index in [0.29, 0.717) is 6.04 Å². The Morgan fingerprint density at radius 1 is 1.24 bits per heavy atom. The molecular weight excluding hydrogens is 208 g/mol. The Morgan fingerprint density at radius 2 is 1.76 bits per heavy atom. The van der Waals surface area contributed by atoms with Gasteiger partial charge in [0.15, 0.2) is 0 Å². The molecule has 0 bridgehead atoms. The van der Waals surface area contributed by atoms with E-state index in [-0.39, 0.29) is 5.54 Å². The SMILES string of the molecule is CC(C)CC(C)N(C)C1(CN)CCC(C)CC1. The fourth-order valence-electron chi connectivity index (χ4n) is 3.31. The molecule has 0 radical (unpaired) electrons. The van der Waals surface area contributed by atoms with Crippen LogP contribution in [0, 0.1) is 11.8 Å². The molecule has 102 valence electrons. The Morgan fingerprint density at radius 3 is 2.18 bits per heavy atom. The highest BCUT2D eigenvalue weighted by Gasteiger charge is 2.38. The minimum atomic E-state index is 0.279. The van der Waals surface area contributed by atoms with E-state index >= 15 is 0 Å². The number of likely N-dealkylation sites (N-methyl/N-ethyl adjacent to an activating group) is 1. The van der Waals surface area contributed by atoms with Crippen LogP contribution in [0.3, 0.4) is 0 Å². The second-order valence-corrected chi connectivity index (χ2v) is 6.70. The summed E-state index contributed by atoms with van der Waals surface area (Å²) in [6.45, 7) is 10.2. The quantitative estimate of drug-likeness (QED) is 0.799. The van der Waals surface area contributed by atoms with Crippen molar-refractivity contribution in [2.45, 2.75) is 71.4 Å². The maximum atomic E-state index is 6.11. The molecule has 1 aliphatic rings. The van der Waals surface area contributed by atoms with Crippen molar-refractivity contribution in [2.75, 3.05) is 13.6 Å². The molecule has 0 heterocycles. The van der Waals surface area contributed by atoms with Crippen LogP contribution in [0.25, 0.3) is 0 Å². The molecule has 0 aromatic carbocycles. The third-order valence-electron chi connectivity index (χ3n) is 4.81. The first kappa shape index (κ1) is 15.0. The summed E-state index contributed by atoms with van der Waals surface area (Å²) in [5, 5.41) is 0. The van der Waals surface area contributed by atoms with Crippen molar-refractivity contribution in [2.24, 2.45) is 17.6 Å². The van der Waals surface area contributed by atoms with Gasteiger partial charge in [-0.2, -0.15) is 0 Å². The first-order chi connectivity index (χ1) is 7.91. The Labute approximate surface area is 108 Å². The summed E-state index contributed by atoms with van der Waals surface area (Å²) in [6.07, 6.45) is 6.52. The average molecular weight is 240 g/mol. The van der Waals surface area contributed by atoms with Crippen molar-refractivity contribution >= 4 is 0 Å². The highest BCUT2D eigenvalue weighted by atomic mass is 15.2. The topological polar surface area (TPSA) is 29.3 Å². The predicted molar refractivity (Wildman–Crippen MR) is 76.1 cm³/mol. The summed E-state index contributed by atoms with van der Waals surface area (Å²) in [5.74, 6) is 1.66.